The van der Waals surface area contributed by atoms with Crippen molar-refractivity contribution in [2.24, 2.45) is 0 Å². The summed E-state index contributed by atoms with van der Waals surface area (Å²) in [7, 11) is 1.55. The third kappa shape index (κ3) is 8.42. The first-order chi connectivity index (χ1) is 15.8. The maximum atomic E-state index is 12.7. The predicted octanol–water partition coefficient (Wildman–Crippen LogP) is 4.76. The van der Waals surface area contributed by atoms with Crippen molar-refractivity contribution in [1.29, 1.82) is 0 Å². The number of imide groups is 1. The largest absolute Gasteiger partial charge is 0.493 e. The van der Waals surface area contributed by atoms with E-state index in [0.717, 1.165) is 5.56 Å². The summed E-state index contributed by atoms with van der Waals surface area (Å²) in [5.41, 5.74) is 5.52. The summed E-state index contributed by atoms with van der Waals surface area (Å²) >= 11 is 0. The van der Waals surface area contributed by atoms with Gasteiger partial charge in [-0.2, -0.15) is 0 Å². The highest BCUT2D eigenvalue weighted by Gasteiger charge is 2.34. The van der Waals surface area contributed by atoms with Gasteiger partial charge in [0, 0.05) is 24.1 Å². The van der Waals surface area contributed by atoms with E-state index in [0.29, 0.717) is 41.5 Å². The maximum Gasteiger partial charge on any atom is 0.427 e. The fourth-order valence-corrected chi connectivity index (χ4v) is 2.71. The molecule has 1 aromatic heterocycles. The fourth-order valence-electron chi connectivity index (χ4n) is 2.71. The zero-order valence-corrected chi connectivity index (χ0v) is 20.9. The van der Waals surface area contributed by atoms with Crippen LogP contribution in [0.4, 0.5) is 21.2 Å². The Balaban J connectivity index is 2.04. The monoisotopic (exact) mass is 474 g/mol. The van der Waals surface area contributed by atoms with Crippen molar-refractivity contribution < 1.29 is 28.5 Å². The maximum absolute atomic E-state index is 12.7. The number of benzene rings is 1. The first-order valence-corrected chi connectivity index (χ1v) is 10.9. The van der Waals surface area contributed by atoms with Crippen LogP contribution < -0.4 is 20.1 Å². The number of aryl methyl sites for hydroxylation is 1. The lowest BCUT2D eigenvalue weighted by atomic mass is 10.2. The second kappa shape index (κ2) is 11.0. The van der Waals surface area contributed by atoms with Crippen LogP contribution in [0.25, 0.3) is 0 Å². The third-order valence-electron chi connectivity index (χ3n) is 4.10. The van der Waals surface area contributed by atoms with Crippen LogP contribution in [0, 0.1) is 0 Å². The zero-order chi connectivity index (χ0) is 25.5. The van der Waals surface area contributed by atoms with Crippen LogP contribution in [0.1, 0.15) is 53.5 Å². The van der Waals surface area contributed by atoms with Gasteiger partial charge in [-0.1, -0.05) is 0 Å². The van der Waals surface area contributed by atoms with Gasteiger partial charge < -0.3 is 24.7 Å². The predicted molar refractivity (Wildman–Crippen MR) is 128 cm³/mol. The molecule has 10 heteroatoms. The Hall–Kier alpha value is -3.56. The number of carbonyl (C=O) groups is 2. The van der Waals surface area contributed by atoms with Gasteiger partial charge in [0.2, 0.25) is 5.95 Å². The summed E-state index contributed by atoms with van der Waals surface area (Å²) in [5.74, 6) is 1.04. The van der Waals surface area contributed by atoms with E-state index in [-0.39, 0.29) is 5.95 Å². The molecular weight excluding hydrogens is 440 g/mol. The van der Waals surface area contributed by atoms with E-state index in [1.807, 2.05) is 0 Å². The number of ether oxygens (including phenoxy) is 4. The average Bonchev–Trinajstić information content (AvgIpc) is 2.70. The second-order valence-electron chi connectivity index (χ2n) is 9.55. The second-order valence-corrected chi connectivity index (χ2v) is 9.55. The summed E-state index contributed by atoms with van der Waals surface area (Å²) in [4.78, 5) is 34.4. The summed E-state index contributed by atoms with van der Waals surface area (Å²) in [5, 5.41) is 0. The quantitative estimate of drug-likeness (QED) is 0.446. The Morgan fingerprint density at radius 3 is 2.00 bits per heavy atom. The molecule has 34 heavy (non-hydrogen) atoms. The van der Waals surface area contributed by atoms with Crippen molar-refractivity contribution in [3.05, 3.63) is 36.2 Å². The normalized spacial score (nSPS) is 11.5. The van der Waals surface area contributed by atoms with Gasteiger partial charge >= 0.3 is 12.2 Å². The minimum absolute atomic E-state index is 0.130. The minimum Gasteiger partial charge on any atom is -0.493 e. The van der Waals surface area contributed by atoms with Crippen molar-refractivity contribution in [1.82, 2.24) is 9.97 Å². The van der Waals surface area contributed by atoms with Gasteiger partial charge in [0.15, 0.2) is 11.5 Å². The Bertz CT molecular complexity index is 952. The van der Waals surface area contributed by atoms with E-state index in [1.54, 1.807) is 79.2 Å². The van der Waals surface area contributed by atoms with Gasteiger partial charge in [0.1, 0.15) is 11.2 Å². The highest BCUT2D eigenvalue weighted by molar-refractivity contribution is 6.08. The minimum atomic E-state index is -0.916. The van der Waals surface area contributed by atoms with E-state index in [9.17, 15) is 9.59 Å². The van der Waals surface area contributed by atoms with E-state index in [1.165, 1.54) is 0 Å². The number of amides is 2. The SMILES string of the molecule is COc1cc(N)ccc1OCCCc1cnc(N(C(=O)OC(C)(C)C)C(=O)OC(C)(C)C)nc1. The Kier molecular flexibility index (Phi) is 8.67. The van der Waals surface area contributed by atoms with Gasteiger partial charge in [-0.3, -0.25) is 0 Å². The number of carbonyl (C=O) groups excluding carboxylic acids is 2. The molecule has 0 atom stereocenters. The van der Waals surface area contributed by atoms with Crippen LogP contribution in [0.15, 0.2) is 30.6 Å². The molecule has 0 spiro atoms. The van der Waals surface area contributed by atoms with Crippen molar-refractivity contribution in [2.45, 2.75) is 65.6 Å². The standard InChI is InChI=1S/C24H34N4O6/c1-23(2,3)33-21(29)28(22(30)34-24(4,5)6)20-26-14-16(15-27-20)9-8-12-32-18-11-10-17(25)13-19(18)31-7/h10-11,13-15H,8-9,12,25H2,1-7H3. The molecule has 0 saturated carbocycles. The molecule has 10 nitrogen and oxygen atoms in total. The number of nitrogens with two attached hydrogens (primary N) is 1. The average molecular weight is 475 g/mol. The smallest absolute Gasteiger partial charge is 0.427 e. The zero-order valence-electron chi connectivity index (χ0n) is 20.9. The summed E-state index contributed by atoms with van der Waals surface area (Å²) in [6.45, 7) is 10.6. The van der Waals surface area contributed by atoms with E-state index in [4.69, 9.17) is 24.7 Å². The number of rotatable bonds is 7. The van der Waals surface area contributed by atoms with Crippen LogP contribution in [0.3, 0.4) is 0 Å². The lowest BCUT2D eigenvalue weighted by molar-refractivity contribution is 0.0427. The van der Waals surface area contributed by atoms with Gasteiger partial charge in [0.05, 0.1) is 13.7 Å². The lowest BCUT2D eigenvalue weighted by Crippen LogP contribution is -2.44. The van der Waals surface area contributed by atoms with Gasteiger partial charge in [-0.15, -0.1) is 4.90 Å². The molecule has 0 unspecified atom stereocenters. The molecule has 2 amide bonds. The molecular formula is C24H34N4O6. The summed E-state index contributed by atoms with van der Waals surface area (Å²) in [6, 6.07) is 5.20. The van der Waals surface area contributed by atoms with Gasteiger partial charge in [-0.05, 0) is 72.1 Å². The van der Waals surface area contributed by atoms with Crippen LogP contribution in [0.2, 0.25) is 0 Å². The highest BCUT2D eigenvalue weighted by Crippen LogP contribution is 2.29. The molecule has 186 valence electrons. The van der Waals surface area contributed by atoms with Crippen LogP contribution in [-0.2, 0) is 15.9 Å². The number of nitrogen functional groups attached to an aromatic ring is 1. The first-order valence-electron chi connectivity index (χ1n) is 10.9. The van der Waals surface area contributed by atoms with Crippen molar-refractivity contribution in [2.75, 3.05) is 24.4 Å². The number of nitrogens with zero attached hydrogens (tertiary/aromatic N) is 3. The van der Waals surface area contributed by atoms with E-state index in [2.05, 4.69) is 9.97 Å². The van der Waals surface area contributed by atoms with Gasteiger partial charge in [-0.25, -0.2) is 19.6 Å². The molecule has 2 N–H and O–H groups in total. The molecule has 2 rings (SSSR count). The number of methoxy groups -OCH3 is 1. The molecule has 2 aromatic rings. The molecule has 0 aliphatic heterocycles. The number of hydrogen-bond acceptors (Lipinski definition) is 9. The first kappa shape index (κ1) is 26.7. The Morgan fingerprint density at radius 2 is 1.50 bits per heavy atom. The molecule has 0 aliphatic carbocycles. The number of aromatic nitrogens is 2. The fraction of sp³-hybridized carbons (Fsp3) is 0.500. The van der Waals surface area contributed by atoms with Crippen molar-refractivity contribution in [3.8, 4) is 11.5 Å². The molecule has 0 aliphatic rings. The van der Waals surface area contributed by atoms with Crippen molar-refractivity contribution in [3.63, 3.8) is 0 Å². The molecule has 0 radical (unpaired) electrons. The molecule has 0 bridgehead atoms. The van der Waals surface area contributed by atoms with E-state index < -0.39 is 23.4 Å². The molecule has 1 aromatic carbocycles. The van der Waals surface area contributed by atoms with Gasteiger partial charge in [0.25, 0.3) is 0 Å². The van der Waals surface area contributed by atoms with Crippen LogP contribution in [0.5, 0.6) is 11.5 Å². The topological polar surface area (TPSA) is 126 Å². The number of anilines is 2. The lowest BCUT2D eigenvalue weighted by Gasteiger charge is -2.27. The van der Waals surface area contributed by atoms with E-state index >= 15 is 0 Å². The third-order valence-corrected chi connectivity index (χ3v) is 4.10. The highest BCUT2D eigenvalue weighted by atomic mass is 16.6. The summed E-state index contributed by atoms with van der Waals surface area (Å²) < 4.78 is 21.7. The Morgan fingerprint density at radius 1 is 0.941 bits per heavy atom. The molecule has 0 saturated heterocycles. The summed E-state index contributed by atoms with van der Waals surface area (Å²) in [6.07, 6.45) is 2.57. The van der Waals surface area contributed by atoms with Crippen molar-refractivity contribution >= 4 is 23.8 Å². The Labute approximate surface area is 200 Å². The molecule has 0 fully saturated rings. The van der Waals surface area contributed by atoms with Crippen LogP contribution in [-0.4, -0.2) is 47.1 Å². The van der Waals surface area contributed by atoms with Crippen LogP contribution >= 0.6 is 0 Å². The number of hydrogen-bond donors (Lipinski definition) is 1. The molecule has 1 heterocycles.